The zero-order valence-electron chi connectivity index (χ0n) is 15.9. The largest absolute Gasteiger partial charge is 0.394 e. The summed E-state index contributed by atoms with van der Waals surface area (Å²) < 4.78 is 12.4. The SMILES string of the molecule is C#CCO[C@]1(C#CCCCCCC)[C@@H](CO)O[C@@H](n2ccc(=O)[nH]c2=O)[C@@H]1O. The van der Waals surface area contributed by atoms with Gasteiger partial charge in [-0.15, -0.1) is 12.3 Å². The summed E-state index contributed by atoms with van der Waals surface area (Å²) in [6.07, 6.45) is 7.62. The molecule has 0 radical (unpaired) electrons. The van der Waals surface area contributed by atoms with Gasteiger partial charge in [0.05, 0.1) is 6.61 Å². The molecule has 28 heavy (non-hydrogen) atoms. The maximum Gasteiger partial charge on any atom is 0.330 e. The van der Waals surface area contributed by atoms with E-state index in [1.165, 1.54) is 6.20 Å². The van der Waals surface area contributed by atoms with E-state index in [1.807, 2.05) is 0 Å². The Kier molecular flexibility index (Phi) is 8.04. The van der Waals surface area contributed by atoms with Crippen LogP contribution < -0.4 is 11.2 Å². The minimum absolute atomic E-state index is 0.158. The molecule has 4 atom stereocenters. The van der Waals surface area contributed by atoms with E-state index < -0.39 is 41.9 Å². The fraction of sp³-hybridized carbons (Fsp3) is 0.600. The molecule has 1 aromatic heterocycles. The first-order valence-electron chi connectivity index (χ1n) is 9.33. The summed E-state index contributed by atoms with van der Waals surface area (Å²) in [5.74, 6) is 8.21. The average molecular weight is 390 g/mol. The van der Waals surface area contributed by atoms with Crippen LogP contribution in [0.2, 0.25) is 0 Å². The molecule has 0 unspecified atom stereocenters. The van der Waals surface area contributed by atoms with E-state index in [4.69, 9.17) is 15.9 Å². The molecule has 3 N–H and O–H groups in total. The van der Waals surface area contributed by atoms with Crippen molar-refractivity contribution in [2.45, 2.75) is 63.1 Å². The normalized spacial score (nSPS) is 26.4. The molecule has 1 aliphatic heterocycles. The van der Waals surface area contributed by atoms with Crippen LogP contribution in [0, 0.1) is 24.2 Å². The van der Waals surface area contributed by atoms with Gasteiger partial charge in [-0.05, 0) is 6.42 Å². The molecule has 0 bridgehead atoms. The van der Waals surface area contributed by atoms with Gasteiger partial charge in [0.2, 0.25) is 0 Å². The Morgan fingerprint density at radius 1 is 1.39 bits per heavy atom. The fourth-order valence-corrected chi connectivity index (χ4v) is 3.14. The molecule has 2 rings (SSSR count). The highest BCUT2D eigenvalue weighted by molar-refractivity contribution is 5.25. The number of aromatic nitrogens is 2. The number of nitrogens with one attached hydrogen (secondary N) is 1. The molecule has 0 aromatic carbocycles. The Morgan fingerprint density at radius 3 is 2.82 bits per heavy atom. The van der Waals surface area contributed by atoms with E-state index in [0.717, 1.165) is 36.3 Å². The Bertz CT molecular complexity index is 858. The zero-order chi connectivity index (χ0) is 20.6. The van der Waals surface area contributed by atoms with Crippen molar-refractivity contribution in [2.24, 2.45) is 0 Å². The number of aliphatic hydroxyl groups excluding tert-OH is 2. The summed E-state index contributed by atoms with van der Waals surface area (Å²) in [5, 5.41) is 20.7. The number of terminal acetylenes is 1. The van der Waals surface area contributed by atoms with Gasteiger partial charge in [0.1, 0.15) is 18.8 Å². The fourth-order valence-electron chi connectivity index (χ4n) is 3.14. The second-order valence-corrected chi connectivity index (χ2v) is 6.56. The average Bonchev–Trinajstić information content (AvgIpc) is 2.95. The first kappa shape index (κ1) is 21.9. The lowest BCUT2D eigenvalue weighted by molar-refractivity contribution is -0.0899. The second-order valence-electron chi connectivity index (χ2n) is 6.56. The Morgan fingerprint density at radius 2 is 2.18 bits per heavy atom. The van der Waals surface area contributed by atoms with E-state index in [0.29, 0.717) is 6.42 Å². The molecule has 0 spiro atoms. The minimum atomic E-state index is -1.59. The molecule has 2 heterocycles. The third kappa shape index (κ3) is 4.73. The lowest BCUT2D eigenvalue weighted by atomic mass is 9.92. The van der Waals surface area contributed by atoms with Gasteiger partial charge in [0.25, 0.3) is 5.56 Å². The summed E-state index contributed by atoms with van der Waals surface area (Å²) in [4.78, 5) is 25.5. The molecule has 1 fully saturated rings. The first-order valence-corrected chi connectivity index (χ1v) is 9.33. The van der Waals surface area contributed by atoms with Gasteiger partial charge in [-0.25, -0.2) is 4.79 Å². The Hall–Kier alpha value is -2.36. The van der Waals surface area contributed by atoms with Crippen molar-refractivity contribution in [2.75, 3.05) is 13.2 Å². The van der Waals surface area contributed by atoms with Crippen LogP contribution >= 0.6 is 0 Å². The maximum atomic E-state index is 12.1. The standard InChI is InChI=1S/C20H26N2O6/c1-3-5-6-7-8-9-11-20(27-13-4-2)15(14-23)28-18(17(20)25)22-12-10-16(24)21-19(22)26/h2,10,12,15,17-18,23,25H,3,5-8,13-14H2,1H3,(H,21,24,26)/t15-,17+,18-,20-/m1/s1. The molecule has 152 valence electrons. The number of nitrogens with zero attached hydrogens (tertiary/aromatic N) is 1. The molecular weight excluding hydrogens is 364 g/mol. The third-order valence-corrected chi connectivity index (χ3v) is 4.62. The monoisotopic (exact) mass is 390 g/mol. The molecular formula is C20H26N2O6. The van der Waals surface area contributed by atoms with E-state index >= 15 is 0 Å². The Balaban J connectivity index is 2.33. The summed E-state index contributed by atoms with van der Waals surface area (Å²) in [6, 6.07) is 1.13. The molecule has 0 saturated carbocycles. The smallest absolute Gasteiger partial charge is 0.330 e. The van der Waals surface area contributed by atoms with Gasteiger partial charge in [0, 0.05) is 18.7 Å². The van der Waals surface area contributed by atoms with Crippen molar-refractivity contribution in [1.29, 1.82) is 0 Å². The molecule has 8 heteroatoms. The molecule has 8 nitrogen and oxygen atoms in total. The van der Waals surface area contributed by atoms with Crippen LogP contribution in [0.15, 0.2) is 21.9 Å². The van der Waals surface area contributed by atoms with Gasteiger partial charge in [-0.3, -0.25) is 14.3 Å². The number of unbranched alkanes of at least 4 members (excludes halogenated alkanes) is 4. The van der Waals surface area contributed by atoms with Crippen LogP contribution in [-0.4, -0.2) is 50.8 Å². The van der Waals surface area contributed by atoms with E-state index in [-0.39, 0.29) is 6.61 Å². The van der Waals surface area contributed by atoms with Crippen LogP contribution in [0.1, 0.15) is 45.3 Å². The van der Waals surface area contributed by atoms with Gasteiger partial charge in [-0.1, -0.05) is 38.0 Å². The van der Waals surface area contributed by atoms with Crippen LogP contribution in [0.4, 0.5) is 0 Å². The third-order valence-electron chi connectivity index (χ3n) is 4.62. The first-order chi connectivity index (χ1) is 13.5. The van der Waals surface area contributed by atoms with Crippen molar-refractivity contribution >= 4 is 0 Å². The topological polar surface area (TPSA) is 114 Å². The van der Waals surface area contributed by atoms with Crippen molar-refractivity contribution in [1.82, 2.24) is 9.55 Å². The number of ether oxygens (including phenoxy) is 2. The van der Waals surface area contributed by atoms with Crippen LogP contribution in [-0.2, 0) is 9.47 Å². The number of aromatic amines is 1. The summed E-state index contributed by atoms with van der Waals surface area (Å²) in [5.41, 5.74) is -2.92. The van der Waals surface area contributed by atoms with Crippen LogP contribution in [0.5, 0.6) is 0 Å². The van der Waals surface area contributed by atoms with Crippen molar-refractivity contribution in [3.63, 3.8) is 0 Å². The van der Waals surface area contributed by atoms with Gasteiger partial charge < -0.3 is 19.7 Å². The highest BCUT2D eigenvalue weighted by atomic mass is 16.6. The summed E-state index contributed by atoms with van der Waals surface area (Å²) in [7, 11) is 0. The number of hydrogen-bond acceptors (Lipinski definition) is 6. The number of H-pyrrole nitrogens is 1. The highest BCUT2D eigenvalue weighted by Gasteiger charge is 2.57. The lowest BCUT2D eigenvalue weighted by Gasteiger charge is -2.30. The predicted molar refractivity (Wildman–Crippen MR) is 102 cm³/mol. The Labute approximate surface area is 163 Å². The number of hydrogen-bond donors (Lipinski definition) is 3. The highest BCUT2D eigenvalue weighted by Crippen LogP contribution is 2.39. The molecule has 1 aliphatic rings. The molecule has 0 aliphatic carbocycles. The maximum absolute atomic E-state index is 12.1. The van der Waals surface area contributed by atoms with Crippen molar-refractivity contribution in [3.05, 3.63) is 33.1 Å². The molecule has 1 saturated heterocycles. The lowest BCUT2D eigenvalue weighted by Crippen LogP contribution is -2.51. The predicted octanol–water partition coefficient (Wildman–Crippen LogP) is 0.150. The van der Waals surface area contributed by atoms with Gasteiger partial charge in [0.15, 0.2) is 11.8 Å². The van der Waals surface area contributed by atoms with Gasteiger partial charge in [-0.2, -0.15) is 0 Å². The van der Waals surface area contributed by atoms with Gasteiger partial charge >= 0.3 is 5.69 Å². The summed E-state index contributed by atoms with van der Waals surface area (Å²) in [6.45, 7) is 1.46. The molecule has 0 amide bonds. The minimum Gasteiger partial charge on any atom is -0.394 e. The van der Waals surface area contributed by atoms with Crippen molar-refractivity contribution < 1.29 is 19.7 Å². The quantitative estimate of drug-likeness (QED) is 0.430. The van der Waals surface area contributed by atoms with Crippen LogP contribution in [0.25, 0.3) is 0 Å². The number of aliphatic hydroxyl groups is 2. The van der Waals surface area contributed by atoms with E-state index in [9.17, 15) is 19.8 Å². The summed E-state index contributed by atoms with van der Waals surface area (Å²) >= 11 is 0. The molecule has 1 aromatic rings. The van der Waals surface area contributed by atoms with E-state index in [2.05, 4.69) is 29.7 Å². The van der Waals surface area contributed by atoms with Crippen LogP contribution in [0.3, 0.4) is 0 Å². The van der Waals surface area contributed by atoms with Crippen molar-refractivity contribution in [3.8, 4) is 24.2 Å². The zero-order valence-corrected chi connectivity index (χ0v) is 15.9. The van der Waals surface area contributed by atoms with E-state index in [1.54, 1.807) is 0 Å². The number of rotatable bonds is 8. The second kappa shape index (κ2) is 10.3.